The van der Waals surface area contributed by atoms with E-state index in [1.165, 1.54) is 0 Å². The fourth-order valence-electron chi connectivity index (χ4n) is 1.82. The van der Waals surface area contributed by atoms with E-state index >= 15 is 0 Å². The number of carbonyl (C=O) groups is 1. The molecular weight excluding hydrogens is 180 g/mol. The summed E-state index contributed by atoms with van der Waals surface area (Å²) >= 11 is 0. The zero-order chi connectivity index (χ0) is 9.97. The van der Waals surface area contributed by atoms with Crippen molar-refractivity contribution in [2.24, 2.45) is 0 Å². The summed E-state index contributed by atoms with van der Waals surface area (Å²) in [7, 11) is 0. The second-order valence-corrected chi connectivity index (χ2v) is 3.92. The summed E-state index contributed by atoms with van der Waals surface area (Å²) in [6.45, 7) is 0.670. The number of ether oxygens (including phenoxy) is 1. The molecule has 4 heteroatoms. The standard InChI is InChI=1S/C10H14N2O2/c11-7-8-3-2-6-12(8)10(13)14-9-4-1-5-9/h8-9H,1-6H2. The Kier molecular flexibility index (Phi) is 2.58. The highest BCUT2D eigenvalue weighted by molar-refractivity contribution is 5.69. The molecule has 1 heterocycles. The van der Waals surface area contributed by atoms with Gasteiger partial charge in [-0.3, -0.25) is 4.90 Å². The van der Waals surface area contributed by atoms with E-state index in [-0.39, 0.29) is 18.2 Å². The first-order valence-electron chi connectivity index (χ1n) is 5.18. The van der Waals surface area contributed by atoms with Gasteiger partial charge >= 0.3 is 6.09 Å². The molecule has 2 aliphatic rings. The third kappa shape index (κ3) is 1.67. The molecule has 1 aliphatic heterocycles. The van der Waals surface area contributed by atoms with Crippen molar-refractivity contribution >= 4 is 6.09 Å². The molecule has 0 aromatic heterocycles. The average Bonchev–Trinajstić information content (AvgIpc) is 2.58. The van der Waals surface area contributed by atoms with Crippen LogP contribution >= 0.6 is 0 Å². The molecule has 0 spiro atoms. The van der Waals surface area contributed by atoms with Gasteiger partial charge in [-0.05, 0) is 32.1 Å². The zero-order valence-electron chi connectivity index (χ0n) is 8.11. The van der Waals surface area contributed by atoms with Crippen LogP contribution in [0.2, 0.25) is 0 Å². The summed E-state index contributed by atoms with van der Waals surface area (Å²) in [6, 6.07) is 1.87. The van der Waals surface area contributed by atoms with Crippen molar-refractivity contribution in [2.75, 3.05) is 6.54 Å². The summed E-state index contributed by atoms with van der Waals surface area (Å²) in [6.07, 6.45) is 4.64. The molecular formula is C10H14N2O2. The van der Waals surface area contributed by atoms with Crippen LogP contribution in [0.15, 0.2) is 0 Å². The number of likely N-dealkylation sites (tertiary alicyclic amines) is 1. The van der Waals surface area contributed by atoms with E-state index in [1.54, 1.807) is 4.90 Å². The number of amides is 1. The minimum absolute atomic E-state index is 0.113. The molecule has 1 unspecified atom stereocenters. The minimum Gasteiger partial charge on any atom is -0.446 e. The van der Waals surface area contributed by atoms with Crippen molar-refractivity contribution < 1.29 is 9.53 Å². The Hall–Kier alpha value is -1.24. The van der Waals surface area contributed by atoms with Crippen molar-refractivity contribution in [3.63, 3.8) is 0 Å². The van der Waals surface area contributed by atoms with Crippen LogP contribution < -0.4 is 0 Å². The van der Waals surface area contributed by atoms with E-state index in [0.29, 0.717) is 6.54 Å². The van der Waals surface area contributed by atoms with Gasteiger partial charge in [0, 0.05) is 6.54 Å². The first-order valence-corrected chi connectivity index (χ1v) is 5.18. The van der Waals surface area contributed by atoms with Crippen molar-refractivity contribution in [1.82, 2.24) is 4.90 Å². The van der Waals surface area contributed by atoms with E-state index < -0.39 is 0 Å². The van der Waals surface area contributed by atoms with Gasteiger partial charge in [0.2, 0.25) is 0 Å². The first kappa shape index (κ1) is 9.32. The maximum atomic E-state index is 11.6. The lowest BCUT2D eigenvalue weighted by molar-refractivity contribution is 0.0278. The Balaban J connectivity index is 1.87. The molecule has 1 amide bonds. The molecule has 14 heavy (non-hydrogen) atoms. The third-order valence-corrected chi connectivity index (χ3v) is 2.96. The van der Waals surface area contributed by atoms with Crippen molar-refractivity contribution in [1.29, 1.82) is 5.26 Å². The Morgan fingerprint density at radius 3 is 2.71 bits per heavy atom. The molecule has 0 radical (unpaired) electrons. The number of carbonyl (C=O) groups excluding carboxylic acids is 1. The van der Waals surface area contributed by atoms with E-state index in [9.17, 15) is 4.79 Å². The van der Waals surface area contributed by atoms with Crippen LogP contribution in [0.4, 0.5) is 4.79 Å². The number of rotatable bonds is 1. The molecule has 1 saturated heterocycles. The highest BCUT2D eigenvalue weighted by Crippen LogP contribution is 2.24. The third-order valence-electron chi connectivity index (χ3n) is 2.96. The second-order valence-electron chi connectivity index (χ2n) is 3.92. The van der Waals surface area contributed by atoms with Gasteiger partial charge in [0.1, 0.15) is 12.1 Å². The quantitative estimate of drug-likeness (QED) is 0.638. The highest BCUT2D eigenvalue weighted by atomic mass is 16.6. The summed E-state index contributed by atoms with van der Waals surface area (Å²) in [5.74, 6) is 0. The predicted molar refractivity (Wildman–Crippen MR) is 49.5 cm³/mol. The van der Waals surface area contributed by atoms with Crippen molar-refractivity contribution in [2.45, 2.75) is 44.2 Å². The lowest BCUT2D eigenvalue weighted by Gasteiger charge is -2.28. The van der Waals surface area contributed by atoms with Gasteiger partial charge in [0.25, 0.3) is 0 Å². The van der Waals surface area contributed by atoms with Crippen LogP contribution in [0.1, 0.15) is 32.1 Å². The van der Waals surface area contributed by atoms with E-state index in [1.807, 2.05) is 0 Å². The van der Waals surface area contributed by atoms with Gasteiger partial charge in [-0.25, -0.2) is 4.79 Å². The van der Waals surface area contributed by atoms with Gasteiger partial charge in [0.05, 0.1) is 6.07 Å². The van der Waals surface area contributed by atoms with Crippen LogP contribution in [-0.2, 0) is 4.74 Å². The topological polar surface area (TPSA) is 53.3 Å². The van der Waals surface area contributed by atoms with Gasteiger partial charge < -0.3 is 4.74 Å². The molecule has 0 aromatic carbocycles. The summed E-state index contributed by atoms with van der Waals surface area (Å²) in [5, 5.41) is 8.79. The Labute approximate surface area is 83.4 Å². The summed E-state index contributed by atoms with van der Waals surface area (Å²) in [5.41, 5.74) is 0. The molecule has 2 rings (SSSR count). The van der Waals surface area contributed by atoms with Crippen LogP contribution in [0, 0.1) is 11.3 Å². The van der Waals surface area contributed by atoms with E-state index in [4.69, 9.17) is 10.00 Å². The number of hydrogen-bond acceptors (Lipinski definition) is 3. The average molecular weight is 194 g/mol. The van der Waals surface area contributed by atoms with Crippen LogP contribution in [0.25, 0.3) is 0 Å². The highest BCUT2D eigenvalue weighted by Gasteiger charge is 2.32. The maximum absolute atomic E-state index is 11.6. The molecule has 2 fully saturated rings. The van der Waals surface area contributed by atoms with Gasteiger partial charge in [-0.1, -0.05) is 0 Å². The largest absolute Gasteiger partial charge is 0.446 e. The fraction of sp³-hybridized carbons (Fsp3) is 0.800. The molecule has 1 aliphatic carbocycles. The molecule has 0 bridgehead atoms. The lowest BCUT2D eigenvalue weighted by Crippen LogP contribution is -2.38. The Morgan fingerprint density at radius 2 is 2.14 bits per heavy atom. The molecule has 76 valence electrons. The molecule has 0 N–H and O–H groups in total. The van der Waals surface area contributed by atoms with Crippen molar-refractivity contribution in [3.8, 4) is 6.07 Å². The van der Waals surface area contributed by atoms with Gasteiger partial charge in [-0.15, -0.1) is 0 Å². The number of hydrogen-bond donors (Lipinski definition) is 0. The zero-order valence-corrected chi connectivity index (χ0v) is 8.11. The summed E-state index contributed by atoms with van der Waals surface area (Å²) < 4.78 is 5.24. The second kappa shape index (κ2) is 3.87. The van der Waals surface area contributed by atoms with Gasteiger partial charge in [-0.2, -0.15) is 5.26 Å². The minimum atomic E-state index is -0.293. The maximum Gasteiger partial charge on any atom is 0.411 e. The predicted octanol–water partition coefficient (Wildman–Crippen LogP) is 1.66. The summed E-state index contributed by atoms with van der Waals surface area (Å²) in [4.78, 5) is 13.1. The number of nitrogens with zero attached hydrogens (tertiary/aromatic N) is 2. The first-order chi connectivity index (χ1) is 6.81. The lowest BCUT2D eigenvalue weighted by atomic mass is 9.96. The smallest absolute Gasteiger partial charge is 0.411 e. The van der Waals surface area contributed by atoms with E-state index in [2.05, 4.69) is 6.07 Å². The van der Waals surface area contributed by atoms with Crippen molar-refractivity contribution in [3.05, 3.63) is 0 Å². The fourth-order valence-corrected chi connectivity index (χ4v) is 1.82. The van der Waals surface area contributed by atoms with Gasteiger partial charge in [0.15, 0.2) is 0 Å². The van der Waals surface area contributed by atoms with Crippen LogP contribution in [-0.4, -0.2) is 29.7 Å². The Morgan fingerprint density at radius 1 is 1.36 bits per heavy atom. The van der Waals surface area contributed by atoms with E-state index in [0.717, 1.165) is 32.1 Å². The monoisotopic (exact) mass is 194 g/mol. The van der Waals surface area contributed by atoms with Crippen LogP contribution in [0.3, 0.4) is 0 Å². The number of nitriles is 1. The molecule has 1 atom stereocenters. The molecule has 1 saturated carbocycles. The normalized spacial score (nSPS) is 26.8. The SMILES string of the molecule is N#CC1CCCN1C(=O)OC1CCC1. The molecule has 0 aromatic rings. The Bertz CT molecular complexity index is 268. The molecule has 4 nitrogen and oxygen atoms in total. The van der Waals surface area contributed by atoms with Crippen LogP contribution in [0.5, 0.6) is 0 Å².